The van der Waals surface area contributed by atoms with Gasteiger partial charge in [-0.15, -0.1) is 0 Å². The van der Waals surface area contributed by atoms with Gasteiger partial charge in [0.1, 0.15) is 5.75 Å². The number of carbonyl (C=O) groups is 1. The van der Waals surface area contributed by atoms with Crippen molar-refractivity contribution in [1.29, 1.82) is 0 Å². The van der Waals surface area contributed by atoms with Crippen LogP contribution in [-0.2, 0) is 0 Å². The van der Waals surface area contributed by atoms with Crippen molar-refractivity contribution in [2.24, 2.45) is 0 Å². The lowest BCUT2D eigenvalue weighted by Crippen LogP contribution is -2.46. The van der Waals surface area contributed by atoms with Crippen LogP contribution in [-0.4, -0.2) is 62.5 Å². The molecule has 0 spiro atoms. The molecule has 0 unspecified atom stereocenters. The van der Waals surface area contributed by atoms with Crippen LogP contribution in [0.3, 0.4) is 0 Å². The zero-order valence-electron chi connectivity index (χ0n) is 13.5. The zero-order chi connectivity index (χ0) is 16.4. The number of hydrogen-bond acceptors (Lipinski definition) is 4. The summed E-state index contributed by atoms with van der Waals surface area (Å²) >= 11 is 3.57. The molecule has 5 heteroatoms. The third-order valence-electron chi connectivity index (χ3n) is 4.42. The van der Waals surface area contributed by atoms with Gasteiger partial charge in [-0.3, -0.25) is 9.69 Å². The Kier molecular flexibility index (Phi) is 4.99. The van der Waals surface area contributed by atoms with Crippen molar-refractivity contribution in [3.05, 3.63) is 40.4 Å². The summed E-state index contributed by atoms with van der Waals surface area (Å²) in [5.41, 5.74) is 0.772. The molecule has 0 amide bonds. The molecule has 0 aromatic heterocycles. The van der Waals surface area contributed by atoms with E-state index in [1.165, 1.54) is 0 Å². The monoisotopic (exact) mass is 376 g/mol. The Balaban J connectivity index is 1.79. The normalized spacial score (nSPS) is 16.7. The third-order valence-corrected chi connectivity index (χ3v) is 5.24. The summed E-state index contributed by atoms with van der Waals surface area (Å²) in [7, 11) is 3.77. The highest BCUT2D eigenvalue weighted by Crippen LogP contribution is 2.33. The summed E-state index contributed by atoms with van der Waals surface area (Å²) in [6.45, 7) is 4.46. The predicted molar refractivity (Wildman–Crippen MR) is 96.5 cm³/mol. The molecule has 0 radical (unpaired) electrons. The van der Waals surface area contributed by atoms with E-state index in [0.29, 0.717) is 6.54 Å². The first-order valence-electron chi connectivity index (χ1n) is 7.79. The number of halogens is 1. The minimum absolute atomic E-state index is 0.184. The summed E-state index contributed by atoms with van der Waals surface area (Å²) in [6.07, 6.45) is 0. The first-order valence-corrected chi connectivity index (χ1v) is 8.58. The lowest BCUT2D eigenvalue weighted by atomic mass is 10.0. The molecule has 2 aromatic carbocycles. The van der Waals surface area contributed by atoms with Gasteiger partial charge in [-0.05, 0) is 45.9 Å². The standard InChI is InChI=1S/C18H21BrN2O2/c1-20-7-9-21(10-8-20)12-16(22)14-3-5-15-13(11-14)4-6-17(23-2)18(15)19/h3-6,11H,7-10,12H2,1-2H3. The van der Waals surface area contributed by atoms with Gasteiger partial charge in [0.2, 0.25) is 0 Å². The predicted octanol–water partition coefficient (Wildman–Crippen LogP) is 3.04. The van der Waals surface area contributed by atoms with Gasteiger partial charge in [-0.1, -0.05) is 18.2 Å². The smallest absolute Gasteiger partial charge is 0.176 e. The molecule has 1 aliphatic rings. The fourth-order valence-corrected chi connectivity index (χ4v) is 3.56. The average Bonchev–Trinajstić information content (AvgIpc) is 2.57. The number of rotatable bonds is 4. The Morgan fingerprint density at radius 3 is 2.61 bits per heavy atom. The van der Waals surface area contributed by atoms with Gasteiger partial charge in [0.05, 0.1) is 18.1 Å². The highest BCUT2D eigenvalue weighted by atomic mass is 79.9. The highest BCUT2D eigenvalue weighted by Gasteiger charge is 2.18. The summed E-state index contributed by atoms with van der Waals surface area (Å²) in [6, 6.07) is 9.77. The van der Waals surface area contributed by atoms with Crippen LogP contribution in [0.4, 0.5) is 0 Å². The fraction of sp³-hybridized carbons (Fsp3) is 0.389. The van der Waals surface area contributed by atoms with Crippen LogP contribution in [0.2, 0.25) is 0 Å². The SMILES string of the molecule is COc1ccc2cc(C(=O)CN3CCN(C)CC3)ccc2c1Br. The summed E-state index contributed by atoms with van der Waals surface area (Å²) in [5, 5.41) is 2.10. The van der Waals surface area contributed by atoms with E-state index in [-0.39, 0.29) is 5.78 Å². The number of benzene rings is 2. The number of ketones is 1. The summed E-state index contributed by atoms with van der Waals surface area (Å²) in [4.78, 5) is 17.1. The van der Waals surface area contributed by atoms with Gasteiger partial charge < -0.3 is 9.64 Å². The van der Waals surface area contributed by atoms with Crippen molar-refractivity contribution in [2.75, 3.05) is 46.9 Å². The Hall–Kier alpha value is -1.43. The van der Waals surface area contributed by atoms with Crippen molar-refractivity contribution >= 4 is 32.5 Å². The zero-order valence-corrected chi connectivity index (χ0v) is 15.1. The number of Topliss-reactive ketones (excluding diaryl/α,β-unsaturated/α-hetero) is 1. The average molecular weight is 377 g/mol. The maximum atomic E-state index is 12.6. The van der Waals surface area contributed by atoms with E-state index in [9.17, 15) is 4.79 Å². The minimum atomic E-state index is 0.184. The van der Waals surface area contributed by atoms with Gasteiger partial charge in [-0.25, -0.2) is 0 Å². The van der Waals surface area contributed by atoms with Crippen molar-refractivity contribution in [3.8, 4) is 5.75 Å². The van der Waals surface area contributed by atoms with E-state index in [1.807, 2.05) is 30.3 Å². The molecule has 0 N–H and O–H groups in total. The molecule has 0 aliphatic carbocycles. The second kappa shape index (κ2) is 6.99. The molecule has 3 rings (SSSR count). The molecule has 1 saturated heterocycles. The Morgan fingerprint density at radius 1 is 1.17 bits per heavy atom. The second-order valence-corrected chi connectivity index (χ2v) is 6.81. The molecular formula is C18H21BrN2O2. The van der Waals surface area contributed by atoms with Gasteiger partial charge in [-0.2, -0.15) is 0 Å². The van der Waals surface area contributed by atoms with E-state index in [4.69, 9.17) is 4.74 Å². The van der Waals surface area contributed by atoms with E-state index in [1.54, 1.807) is 7.11 Å². The van der Waals surface area contributed by atoms with Gasteiger partial charge in [0, 0.05) is 31.7 Å². The van der Waals surface area contributed by atoms with E-state index >= 15 is 0 Å². The molecule has 23 heavy (non-hydrogen) atoms. The number of nitrogens with zero attached hydrogens (tertiary/aromatic N) is 2. The van der Waals surface area contributed by atoms with Crippen molar-refractivity contribution in [3.63, 3.8) is 0 Å². The number of hydrogen-bond donors (Lipinski definition) is 0. The van der Waals surface area contributed by atoms with Crippen LogP contribution in [0.5, 0.6) is 5.75 Å². The molecule has 1 heterocycles. The number of ether oxygens (including phenoxy) is 1. The lowest BCUT2D eigenvalue weighted by molar-refractivity contribution is 0.0876. The Bertz CT molecular complexity index is 724. The van der Waals surface area contributed by atoms with E-state index in [0.717, 1.165) is 52.7 Å². The highest BCUT2D eigenvalue weighted by molar-refractivity contribution is 9.10. The summed E-state index contributed by atoms with van der Waals surface area (Å²) < 4.78 is 6.24. The first-order chi connectivity index (χ1) is 11.1. The molecule has 122 valence electrons. The van der Waals surface area contributed by atoms with Gasteiger partial charge in [0.15, 0.2) is 5.78 Å². The number of piperazine rings is 1. The van der Waals surface area contributed by atoms with Gasteiger partial charge >= 0.3 is 0 Å². The number of carbonyl (C=O) groups excluding carboxylic acids is 1. The quantitative estimate of drug-likeness (QED) is 0.767. The molecule has 4 nitrogen and oxygen atoms in total. The van der Waals surface area contributed by atoms with E-state index < -0.39 is 0 Å². The topological polar surface area (TPSA) is 32.8 Å². The second-order valence-electron chi connectivity index (χ2n) is 6.02. The lowest BCUT2D eigenvalue weighted by Gasteiger charge is -2.31. The first kappa shape index (κ1) is 16.4. The molecular weight excluding hydrogens is 356 g/mol. The summed E-state index contributed by atoms with van der Waals surface area (Å²) in [5.74, 6) is 0.984. The number of likely N-dealkylation sites (N-methyl/N-ethyl adjacent to an activating group) is 1. The fourth-order valence-electron chi connectivity index (χ4n) is 2.90. The van der Waals surface area contributed by atoms with Crippen LogP contribution in [0, 0.1) is 0 Å². The molecule has 0 bridgehead atoms. The Morgan fingerprint density at radius 2 is 1.91 bits per heavy atom. The maximum Gasteiger partial charge on any atom is 0.176 e. The van der Waals surface area contributed by atoms with E-state index in [2.05, 4.69) is 32.8 Å². The molecule has 0 atom stereocenters. The van der Waals surface area contributed by atoms with Crippen molar-refractivity contribution in [1.82, 2.24) is 9.80 Å². The minimum Gasteiger partial charge on any atom is -0.496 e. The Labute approximate surface area is 145 Å². The molecule has 0 saturated carbocycles. The molecule has 1 fully saturated rings. The third kappa shape index (κ3) is 3.57. The number of fused-ring (bicyclic) bond motifs is 1. The molecule has 2 aromatic rings. The van der Waals surface area contributed by atoms with Crippen molar-refractivity contribution < 1.29 is 9.53 Å². The van der Waals surface area contributed by atoms with Crippen LogP contribution < -0.4 is 4.74 Å². The van der Waals surface area contributed by atoms with Crippen LogP contribution in [0.1, 0.15) is 10.4 Å². The van der Waals surface area contributed by atoms with Crippen LogP contribution >= 0.6 is 15.9 Å². The largest absolute Gasteiger partial charge is 0.496 e. The van der Waals surface area contributed by atoms with Gasteiger partial charge in [0.25, 0.3) is 0 Å². The molecule has 1 aliphatic heterocycles. The van der Waals surface area contributed by atoms with Crippen molar-refractivity contribution in [2.45, 2.75) is 0 Å². The van der Waals surface area contributed by atoms with Crippen LogP contribution in [0.25, 0.3) is 10.8 Å². The van der Waals surface area contributed by atoms with Crippen LogP contribution in [0.15, 0.2) is 34.8 Å². The number of methoxy groups -OCH3 is 1. The maximum absolute atomic E-state index is 12.6.